The lowest BCUT2D eigenvalue weighted by Gasteiger charge is -2.30. The van der Waals surface area contributed by atoms with Crippen LogP contribution in [0.1, 0.15) is 36.2 Å². The topological polar surface area (TPSA) is 52.6 Å². The summed E-state index contributed by atoms with van der Waals surface area (Å²) in [6, 6.07) is 19.2. The van der Waals surface area contributed by atoms with Crippen LogP contribution in [0, 0.1) is 5.92 Å². The number of Topliss-reactive ketones (excluding diaryl/α,β-unsaturated/α-hetero) is 1. The smallest absolute Gasteiger partial charge is 0.347 e. The fourth-order valence-electron chi connectivity index (χ4n) is 4.13. The lowest BCUT2D eigenvalue weighted by molar-refractivity contribution is -0.155. The molecule has 5 heteroatoms. The molecule has 1 aliphatic heterocycles. The Morgan fingerprint density at radius 3 is 2.42 bits per heavy atom. The van der Waals surface area contributed by atoms with Crippen molar-refractivity contribution in [3.63, 3.8) is 0 Å². The van der Waals surface area contributed by atoms with Crippen LogP contribution in [0.4, 0.5) is 0 Å². The van der Waals surface area contributed by atoms with Gasteiger partial charge in [0.05, 0.1) is 17.4 Å². The van der Waals surface area contributed by atoms with Gasteiger partial charge >= 0.3 is 5.97 Å². The highest BCUT2D eigenvalue weighted by Crippen LogP contribution is 2.54. The van der Waals surface area contributed by atoms with Crippen molar-refractivity contribution in [3.8, 4) is 0 Å². The van der Waals surface area contributed by atoms with Gasteiger partial charge in [0.15, 0.2) is 6.10 Å². The summed E-state index contributed by atoms with van der Waals surface area (Å²) in [5, 5.41) is 0. The van der Waals surface area contributed by atoms with Crippen molar-refractivity contribution >= 4 is 23.5 Å². The molecule has 2 aliphatic rings. The number of allylic oxidation sites excluding steroid dienone is 4. The van der Waals surface area contributed by atoms with Crippen molar-refractivity contribution < 1.29 is 19.1 Å². The predicted molar refractivity (Wildman–Crippen MR) is 132 cm³/mol. The van der Waals surface area contributed by atoms with E-state index in [4.69, 9.17) is 9.47 Å². The lowest BCUT2D eigenvalue weighted by atomic mass is 9.87. The van der Waals surface area contributed by atoms with Gasteiger partial charge in [0.1, 0.15) is 5.76 Å². The first kappa shape index (κ1) is 23.1. The summed E-state index contributed by atoms with van der Waals surface area (Å²) in [5.41, 5.74) is 1.73. The molecule has 0 saturated carbocycles. The van der Waals surface area contributed by atoms with E-state index >= 15 is 0 Å². The van der Waals surface area contributed by atoms with E-state index in [9.17, 15) is 9.59 Å². The maximum Gasteiger partial charge on any atom is 0.347 e. The van der Waals surface area contributed by atoms with Gasteiger partial charge < -0.3 is 9.47 Å². The Morgan fingerprint density at radius 1 is 1.03 bits per heavy atom. The van der Waals surface area contributed by atoms with Gasteiger partial charge in [-0.1, -0.05) is 85.0 Å². The SMILES string of the molecule is CCOC(=O)C(CCc1ccccc1)OC1=C(C(=O)c2ccccc2)SC2(C)C=CC=CC12. The maximum atomic E-state index is 13.5. The minimum atomic E-state index is -0.791. The molecule has 1 heterocycles. The zero-order chi connectivity index (χ0) is 23.3. The highest BCUT2D eigenvalue weighted by molar-refractivity contribution is 8.05. The van der Waals surface area contributed by atoms with Crippen LogP contribution in [0.15, 0.2) is 95.6 Å². The lowest BCUT2D eigenvalue weighted by Crippen LogP contribution is -2.32. The molecular weight excluding hydrogens is 432 g/mol. The molecule has 33 heavy (non-hydrogen) atoms. The van der Waals surface area contributed by atoms with Gasteiger partial charge in [-0.25, -0.2) is 4.79 Å². The minimum absolute atomic E-state index is 0.0845. The second kappa shape index (κ2) is 10.3. The van der Waals surface area contributed by atoms with E-state index in [0.29, 0.717) is 29.1 Å². The number of carbonyl (C=O) groups is 2. The second-order valence-corrected chi connectivity index (χ2v) is 9.77. The molecule has 0 N–H and O–H groups in total. The van der Waals surface area contributed by atoms with Gasteiger partial charge in [0.2, 0.25) is 5.78 Å². The molecule has 170 valence electrons. The van der Waals surface area contributed by atoms with Gasteiger partial charge in [-0.15, -0.1) is 11.8 Å². The van der Waals surface area contributed by atoms with Gasteiger partial charge in [0, 0.05) is 10.3 Å². The molecule has 1 aliphatic carbocycles. The molecule has 0 fully saturated rings. The highest BCUT2D eigenvalue weighted by Gasteiger charge is 2.47. The molecule has 0 spiro atoms. The Balaban J connectivity index is 1.66. The quantitative estimate of drug-likeness (QED) is 0.344. The number of aryl methyl sites for hydroxylation is 1. The monoisotopic (exact) mass is 460 g/mol. The van der Waals surface area contributed by atoms with Crippen molar-refractivity contribution in [2.24, 2.45) is 5.92 Å². The van der Waals surface area contributed by atoms with Crippen LogP contribution >= 0.6 is 11.8 Å². The highest BCUT2D eigenvalue weighted by atomic mass is 32.2. The van der Waals surface area contributed by atoms with Crippen LogP contribution in [-0.2, 0) is 20.7 Å². The Bertz CT molecular complexity index is 1090. The first-order chi connectivity index (χ1) is 16.0. The number of rotatable bonds is 9. The van der Waals surface area contributed by atoms with Crippen molar-refractivity contribution in [1.82, 2.24) is 0 Å². The van der Waals surface area contributed by atoms with Crippen LogP contribution in [0.3, 0.4) is 0 Å². The van der Waals surface area contributed by atoms with Gasteiger partial charge in [-0.05, 0) is 32.3 Å². The average Bonchev–Trinajstić information content (AvgIpc) is 3.14. The number of esters is 1. The summed E-state index contributed by atoms with van der Waals surface area (Å²) in [4.78, 5) is 26.9. The third-order valence-corrected chi connectivity index (χ3v) is 7.31. The number of hydrogen-bond donors (Lipinski definition) is 0. The normalized spacial score (nSPS) is 22.1. The molecule has 2 aromatic rings. The summed E-state index contributed by atoms with van der Waals surface area (Å²) in [5.74, 6) is -0.0630. The number of hydrogen-bond acceptors (Lipinski definition) is 5. The number of carbonyl (C=O) groups excluding carboxylic acids is 2. The maximum absolute atomic E-state index is 13.5. The predicted octanol–water partition coefficient (Wildman–Crippen LogP) is 5.91. The minimum Gasteiger partial charge on any atom is -0.481 e. The number of ketones is 1. The van der Waals surface area contributed by atoms with Crippen molar-refractivity contribution in [2.45, 2.75) is 37.5 Å². The fourth-order valence-corrected chi connectivity index (χ4v) is 5.52. The van der Waals surface area contributed by atoms with E-state index in [1.807, 2.05) is 78.9 Å². The molecule has 0 amide bonds. The zero-order valence-electron chi connectivity index (χ0n) is 18.9. The largest absolute Gasteiger partial charge is 0.481 e. The average molecular weight is 461 g/mol. The molecule has 0 saturated heterocycles. The van der Waals surface area contributed by atoms with E-state index in [1.165, 1.54) is 11.8 Å². The Labute approximate surface area is 199 Å². The van der Waals surface area contributed by atoms with Crippen LogP contribution in [0.25, 0.3) is 0 Å². The zero-order valence-corrected chi connectivity index (χ0v) is 19.7. The Morgan fingerprint density at radius 2 is 1.73 bits per heavy atom. The van der Waals surface area contributed by atoms with E-state index in [1.54, 1.807) is 6.92 Å². The molecule has 0 bridgehead atoms. The van der Waals surface area contributed by atoms with Crippen LogP contribution in [0.2, 0.25) is 0 Å². The van der Waals surface area contributed by atoms with E-state index in [-0.39, 0.29) is 23.1 Å². The number of fused-ring (bicyclic) bond motifs is 1. The van der Waals surface area contributed by atoms with E-state index < -0.39 is 12.1 Å². The van der Waals surface area contributed by atoms with E-state index in [2.05, 4.69) is 13.0 Å². The summed E-state index contributed by atoms with van der Waals surface area (Å²) in [6.07, 6.45) is 8.45. The van der Waals surface area contributed by atoms with Crippen molar-refractivity contribution in [1.29, 1.82) is 0 Å². The summed E-state index contributed by atoms with van der Waals surface area (Å²) >= 11 is 1.50. The number of benzene rings is 2. The molecule has 0 radical (unpaired) electrons. The summed E-state index contributed by atoms with van der Waals surface area (Å²) in [7, 11) is 0. The van der Waals surface area contributed by atoms with Crippen molar-refractivity contribution in [3.05, 3.63) is 107 Å². The van der Waals surface area contributed by atoms with Crippen molar-refractivity contribution in [2.75, 3.05) is 6.61 Å². The van der Waals surface area contributed by atoms with Gasteiger partial charge in [-0.2, -0.15) is 0 Å². The van der Waals surface area contributed by atoms with Gasteiger partial charge in [-0.3, -0.25) is 4.79 Å². The third-order valence-electron chi connectivity index (χ3n) is 5.89. The third kappa shape index (κ3) is 5.14. The molecule has 3 unspecified atom stereocenters. The number of thioether (sulfide) groups is 1. The molecule has 3 atom stereocenters. The second-order valence-electron chi connectivity index (χ2n) is 8.28. The number of ether oxygens (including phenoxy) is 2. The standard InChI is InChI=1S/C28H28O4S/c1-3-31-27(30)23(18-17-20-12-6-4-7-13-20)32-25-22-16-10-11-19-28(22,2)33-26(25)24(29)21-14-8-5-9-15-21/h4-16,19,22-23H,3,17-18H2,1-2H3. The molecule has 0 aromatic heterocycles. The molecule has 2 aromatic carbocycles. The van der Waals surface area contributed by atoms with Crippen LogP contribution < -0.4 is 0 Å². The summed E-state index contributed by atoms with van der Waals surface area (Å²) < 4.78 is 11.4. The molecule has 4 rings (SSSR count). The Kier molecular flexibility index (Phi) is 7.19. The molecular formula is C28H28O4S. The fraction of sp³-hybridized carbons (Fsp3) is 0.286. The van der Waals surface area contributed by atoms with Crippen LogP contribution in [-0.4, -0.2) is 29.2 Å². The first-order valence-electron chi connectivity index (χ1n) is 11.3. The van der Waals surface area contributed by atoms with E-state index in [0.717, 1.165) is 5.56 Å². The summed E-state index contributed by atoms with van der Waals surface area (Å²) in [6.45, 7) is 4.16. The molecule has 4 nitrogen and oxygen atoms in total. The van der Waals surface area contributed by atoms with Crippen LogP contribution in [0.5, 0.6) is 0 Å². The Hall–Kier alpha value is -3.05. The van der Waals surface area contributed by atoms with Gasteiger partial charge in [0.25, 0.3) is 0 Å². The first-order valence-corrected chi connectivity index (χ1v) is 12.1.